The van der Waals surface area contributed by atoms with Crippen LogP contribution in [0.2, 0.25) is 0 Å². The molecule has 33 heavy (non-hydrogen) atoms. The number of aromatic hydroxyl groups is 1. The second-order valence-electron chi connectivity index (χ2n) is 9.06. The number of benzene rings is 1. The van der Waals surface area contributed by atoms with Gasteiger partial charge in [0, 0.05) is 19.9 Å². The molecule has 0 bridgehead atoms. The predicted molar refractivity (Wildman–Crippen MR) is 135 cm³/mol. The summed E-state index contributed by atoms with van der Waals surface area (Å²) in [5, 5.41) is 18.9. The van der Waals surface area contributed by atoms with Crippen molar-refractivity contribution in [2.45, 2.75) is 109 Å². The van der Waals surface area contributed by atoms with Crippen LogP contribution >= 0.6 is 0 Å². The largest absolute Gasteiger partial charge is 0.508 e. The summed E-state index contributed by atoms with van der Waals surface area (Å²) in [6.45, 7) is 2.25. The van der Waals surface area contributed by atoms with Gasteiger partial charge in [0.05, 0.1) is 0 Å². The van der Waals surface area contributed by atoms with Crippen molar-refractivity contribution in [2.75, 3.05) is 7.05 Å². The van der Waals surface area contributed by atoms with E-state index in [2.05, 4.69) is 19.1 Å². The van der Waals surface area contributed by atoms with Crippen LogP contribution in [0.5, 0.6) is 5.75 Å². The number of carbonyl (C=O) groups excluding carboxylic acids is 1. The van der Waals surface area contributed by atoms with E-state index in [1.165, 1.54) is 74.8 Å². The molecule has 0 fully saturated rings. The first-order chi connectivity index (χ1) is 16.0. The number of hydrogen-bond donors (Lipinski definition) is 2. The molecule has 0 spiro atoms. The van der Waals surface area contributed by atoms with Crippen molar-refractivity contribution in [2.24, 2.45) is 0 Å². The third-order valence-electron chi connectivity index (χ3n) is 6.16. The normalized spacial score (nSPS) is 12.2. The number of unbranched alkanes of at least 4 members (excludes halogenated alkanes) is 11. The zero-order valence-electron chi connectivity index (χ0n) is 20.8. The highest BCUT2D eigenvalue weighted by Crippen LogP contribution is 2.15. The summed E-state index contributed by atoms with van der Waals surface area (Å²) in [5.41, 5.74) is 0.779. The molecular weight excluding hydrogens is 414 g/mol. The predicted octanol–water partition coefficient (Wildman–Crippen LogP) is 6.88. The van der Waals surface area contributed by atoms with Gasteiger partial charge in [0.25, 0.3) is 0 Å². The Labute approximate surface area is 200 Å². The van der Waals surface area contributed by atoms with Crippen LogP contribution in [0, 0.1) is 0 Å². The molecule has 0 saturated carbocycles. The Balaban J connectivity index is 2.12. The molecule has 1 rings (SSSR count). The summed E-state index contributed by atoms with van der Waals surface area (Å²) in [6.07, 6.45) is 20.9. The lowest BCUT2D eigenvalue weighted by Crippen LogP contribution is -2.43. The highest BCUT2D eigenvalue weighted by molar-refractivity contribution is 5.83. The van der Waals surface area contributed by atoms with E-state index in [1.54, 1.807) is 19.2 Å². The number of aliphatic carboxylic acids is 1. The highest BCUT2D eigenvalue weighted by Gasteiger charge is 2.26. The van der Waals surface area contributed by atoms with E-state index >= 15 is 0 Å². The van der Waals surface area contributed by atoms with Crippen LogP contribution in [0.25, 0.3) is 0 Å². The lowest BCUT2D eigenvalue weighted by molar-refractivity contribution is -0.149. The molecule has 1 atom stereocenters. The van der Waals surface area contributed by atoms with Gasteiger partial charge in [-0.3, -0.25) is 4.79 Å². The van der Waals surface area contributed by atoms with Gasteiger partial charge < -0.3 is 15.1 Å². The van der Waals surface area contributed by atoms with Crippen LogP contribution in [0.4, 0.5) is 0 Å². The minimum Gasteiger partial charge on any atom is -0.508 e. The second kappa shape index (κ2) is 18.2. The zero-order valence-corrected chi connectivity index (χ0v) is 20.8. The monoisotopic (exact) mass is 459 g/mol. The molecule has 2 N–H and O–H groups in total. The first-order valence-corrected chi connectivity index (χ1v) is 12.9. The molecule has 1 aromatic carbocycles. The third-order valence-corrected chi connectivity index (χ3v) is 6.16. The Hall–Kier alpha value is -2.30. The van der Waals surface area contributed by atoms with E-state index in [4.69, 9.17) is 0 Å². The number of nitrogens with zero attached hydrogens (tertiary/aromatic N) is 1. The van der Waals surface area contributed by atoms with Crippen LogP contribution in [0.1, 0.15) is 102 Å². The number of rotatable bonds is 19. The Morgan fingerprint density at radius 1 is 0.848 bits per heavy atom. The van der Waals surface area contributed by atoms with Crippen LogP contribution < -0.4 is 0 Å². The zero-order chi connectivity index (χ0) is 24.3. The number of carboxylic acids is 1. The molecule has 0 aliphatic carbocycles. The lowest BCUT2D eigenvalue weighted by atomic mass is 10.0. The standard InChI is InChI=1S/C28H45NO4/c1-3-4-5-6-7-8-9-10-11-12-13-14-15-16-17-18-27(31)29(2)26(28(32)33)23-24-19-21-25(30)22-20-24/h10-11,19-22,26,30H,3-9,12-18,23H2,1-2H3,(H,32,33)/b11-10-/t26-/m0/s1. The number of likely N-dealkylation sites (N-methyl/N-ethyl adjacent to an activating group) is 1. The number of phenolic OH excluding ortho intramolecular Hbond substituents is 1. The number of amides is 1. The van der Waals surface area contributed by atoms with Gasteiger partial charge in [-0.25, -0.2) is 4.79 Å². The molecule has 186 valence electrons. The second-order valence-corrected chi connectivity index (χ2v) is 9.06. The van der Waals surface area contributed by atoms with E-state index in [0.717, 1.165) is 31.2 Å². The number of allylic oxidation sites excluding steroid dienone is 2. The molecule has 1 amide bonds. The van der Waals surface area contributed by atoms with E-state index in [1.807, 2.05) is 0 Å². The van der Waals surface area contributed by atoms with Crippen molar-refractivity contribution in [3.8, 4) is 5.75 Å². The molecule has 0 aliphatic rings. The number of carboxylic acid groups (broad SMARTS) is 1. The maximum absolute atomic E-state index is 12.5. The number of phenols is 1. The molecule has 0 aromatic heterocycles. The maximum atomic E-state index is 12.5. The lowest BCUT2D eigenvalue weighted by Gasteiger charge is -2.25. The fourth-order valence-electron chi connectivity index (χ4n) is 3.94. The molecule has 0 heterocycles. The van der Waals surface area contributed by atoms with Crippen molar-refractivity contribution in [1.82, 2.24) is 4.90 Å². The van der Waals surface area contributed by atoms with Crippen molar-refractivity contribution in [1.29, 1.82) is 0 Å². The summed E-state index contributed by atoms with van der Waals surface area (Å²) in [6, 6.07) is 5.54. The molecule has 0 saturated heterocycles. The van der Waals surface area contributed by atoms with E-state index in [-0.39, 0.29) is 18.1 Å². The van der Waals surface area contributed by atoms with E-state index in [9.17, 15) is 19.8 Å². The van der Waals surface area contributed by atoms with Gasteiger partial charge in [0.15, 0.2) is 0 Å². The average Bonchev–Trinajstić information content (AvgIpc) is 2.80. The smallest absolute Gasteiger partial charge is 0.326 e. The summed E-state index contributed by atoms with van der Waals surface area (Å²) in [4.78, 5) is 25.5. The maximum Gasteiger partial charge on any atom is 0.326 e. The molecule has 1 aromatic rings. The van der Waals surface area contributed by atoms with Crippen molar-refractivity contribution in [3.05, 3.63) is 42.0 Å². The summed E-state index contributed by atoms with van der Waals surface area (Å²) in [5.74, 6) is -0.999. The molecule has 0 aliphatic heterocycles. The van der Waals surface area contributed by atoms with Crippen LogP contribution in [0.15, 0.2) is 36.4 Å². The van der Waals surface area contributed by atoms with E-state index in [0.29, 0.717) is 6.42 Å². The fraction of sp³-hybridized carbons (Fsp3) is 0.643. The van der Waals surface area contributed by atoms with Gasteiger partial charge in [-0.05, 0) is 49.8 Å². The summed E-state index contributed by atoms with van der Waals surface area (Å²) in [7, 11) is 1.57. The van der Waals surface area contributed by atoms with Crippen molar-refractivity contribution >= 4 is 11.9 Å². The Morgan fingerprint density at radius 3 is 1.91 bits per heavy atom. The first kappa shape index (κ1) is 28.7. The highest BCUT2D eigenvalue weighted by atomic mass is 16.4. The van der Waals surface area contributed by atoms with Crippen molar-refractivity contribution < 1.29 is 19.8 Å². The minimum absolute atomic E-state index is 0.126. The van der Waals surface area contributed by atoms with E-state index < -0.39 is 12.0 Å². The van der Waals surface area contributed by atoms with Gasteiger partial charge in [0.2, 0.25) is 5.91 Å². The Morgan fingerprint density at radius 2 is 1.36 bits per heavy atom. The summed E-state index contributed by atoms with van der Waals surface area (Å²) >= 11 is 0. The van der Waals surface area contributed by atoms with Gasteiger partial charge in [0.1, 0.15) is 11.8 Å². The van der Waals surface area contributed by atoms with Gasteiger partial charge in [-0.15, -0.1) is 0 Å². The molecule has 5 heteroatoms. The molecule has 0 unspecified atom stereocenters. The van der Waals surface area contributed by atoms with Crippen LogP contribution in [-0.2, 0) is 16.0 Å². The first-order valence-electron chi connectivity index (χ1n) is 12.9. The molecule has 5 nitrogen and oxygen atoms in total. The fourth-order valence-corrected chi connectivity index (χ4v) is 3.94. The van der Waals surface area contributed by atoms with Crippen molar-refractivity contribution in [3.63, 3.8) is 0 Å². The average molecular weight is 460 g/mol. The quantitative estimate of drug-likeness (QED) is 0.174. The SMILES string of the molecule is CCCCCCCC/C=C\CCCCCCCC(=O)N(C)[C@@H](Cc1ccc(O)cc1)C(=O)O. The minimum atomic E-state index is -1.01. The number of carbonyl (C=O) groups is 2. The molecule has 0 radical (unpaired) electrons. The van der Waals surface area contributed by atoms with Gasteiger partial charge in [-0.1, -0.05) is 82.6 Å². The topological polar surface area (TPSA) is 77.8 Å². The van der Waals surface area contributed by atoms with Gasteiger partial charge >= 0.3 is 5.97 Å². The third kappa shape index (κ3) is 13.8. The molecular formula is C28H45NO4. The Kier molecular flexibility index (Phi) is 15.8. The van der Waals surface area contributed by atoms with Crippen LogP contribution in [0.3, 0.4) is 0 Å². The van der Waals surface area contributed by atoms with Crippen LogP contribution in [-0.4, -0.2) is 40.1 Å². The summed E-state index contributed by atoms with van der Waals surface area (Å²) < 4.78 is 0. The van der Waals surface area contributed by atoms with Gasteiger partial charge in [-0.2, -0.15) is 0 Å². The Bertz CT molecular complexity index is 684. The number of hydrogen-bond acceptors (Lipinski definition) is 3.